The Kier molecular flexibility index (Phi) is 2.61. The summed E-state index contributed by atoms with van der Waals surface area (Å²) in [6, 6.07) is 5.89. The highest BCUT2D eigenvalue weighted by atomic mass is 19.3. The van der Waals surface area contributed by atoms with Crippen LogP contribution >= 0.6 is 0 Å². The smallest absolute Gasteiger partial charge is 0.268 e. The number of benzene rings is 1. The number of methoxy groups -OCH3 is 1. The minimum absolute atomic E-state index is 0.0936. The summed E-state index contributed by atoms with van der Waals surface area (Å²) in [6.45, 7) is 0.365. The van der Waals surface area contributed by atoms with Crippen LogP contribution in [0.5, 0.6) is 5.75 Å². The third kappa shape index (κ3) is 1.95. The summed E-state index contributed by atoms with van der Waals surface area (Å²) in [6.07, 6.45) is -0.0936. The van der Waals surface area contributed by atoms with Crippen LogP contribution in [0.2, 0.25) is 0 Å². The van der Waals surface area contributed by atoms with Gasteiger partial charge in [0.15, 0.2) is 0 Å². The number of ether oxygens (including phenoxy) is 1. The minimum atomic E-state index is -2.64. The van der Waals surface area contributed by atoms with Crippen LogP contribution in [-0.2, 0) is 0 Å². The third-order valence-corrected chi connectivity index (χ3v) is 2.68. The Hall–Kier alpha value is -1.16. The van der Waals surface area contributed by atoms with Gasteiger partial charge in [0, 0.05) is 13.0 Å². The lowest BCUT2D eigenvalue weighted by atomic mass is 10.0. The molecule has 4 heteroatoms. The van der Waals surface area contributed by atoms with E-state index < -0.39 is 12.0 Å². The van der Waals surface area contributed by atoms with Gasteiger partial charge in [0.05, 0.1) is 13.2 Å². The molecule has 1 heterocycles. The van der Waals surface area contributed by atoms with Crippen molar-refractivity contribution in [3.63, 3.8) is 0 Å². The van der Waals surface area contributed by atoms with E-state index in [-0.39, 0.29) is 6.42 Å². The molecule has 1 atom stereocenters. The van der Waals surface area contributed by atoms with Gasteiger partial charge in [-0.3, -0.25) is 0 Å². The van der Waals surface area contributed by atoms with Crippen molar-refractivity contribution < 1.29 is 13.5 Å². The lowest BCUT2D eigenvalue weighted by Crippen LogP contribution is -2.26. The fraction of sp³-hybridized carbons (Fsp3) is 0.455. The quantitative estimate of drug-likeness (QED) is 0.814. The molecule has 1 unspecified atom stereocenters. The molecule has 1 N–H and O–H groups in total. The van der Waals surface area contributed by atoms with Gasteiger partial charge in [0.1, 0.15) is 5.75 Å². The lowest BCUT2D eigenvalue weighted by Gasteiger charge is -2.19. The van der Waals surface area contributed by atoms with Gasteiger partial charge in [0.2, 0.25) is 0 Å². The van der Waals surface area contributed by atoms with Gasteiger partial charge < -0.3 is 10.1 Å². The molecule has 15 heavy (non-hydrogen) atoms. The van der Waals surface area contributed by atoms with Crippen LogP contribution in [0, 0.1) is 0 Å². The second-order valence-electron chi connectivity index (χ2n) is 3.67. The Morgan fingerprint density at radius 1 is 1.33 bits per heavy atom. The van der Waals surface area contributed by atoms with Gasteiger partial charge in [0.25, 0.3) is 5.92 Å². The van der Waals surface area contributed by atoms with Gasteiger partial charge in [-0.05, 0) is 17.7 Å². The summed E-state index contributed by atoms with van der Waals surface area (Å²) >= 11 is 0. The first-order chi connectivity index (χ1) is 7.13. The molecular formula is C11H13F2NO. The molecule has 2 rings (SSSR count). The maximum atomic E-state index is 13.4. The number of hydrogen-bond donors (Lipinski definition) is 1. The van der Waals surface area contributed by atoms with Gasteiger partial charge in [-0.1, -0.05) is 12.1 Å². The molecule has 82 valence electrons. The van der Waals surface area contributed by atoms with Crippen LogP contribution in [0.3, 0.4) is 0 Å². The maximum absolute atomic E-state index is 13.4. The van der Waals surface area contributed by atoms with Crippen molar-refractivity contribution in [3.8, 4) is 5.75 Å². The Morgan fingerprint density at radius 3 is 2.47 bits per heavy atom. The highest BCUT2D eigenvalue weighted by Gasteiger charge is 2.44. The summed E-state index contributed by atoms with van der Waals surface area (Å²) < 4.78 is 31.7. The first-order valence-corrected chi connectivity index (χ1v) is 4.88. The zero-order valence-electron chi connectivity index (χ0n) is 8.47. The van der Waals surface area contributed by atoms with Crippen molar-refractivity contribution in [2.24, 2.45) is 0 Å². The molecule has 0 saturated carbocycles. The zero-order chi connectivity index (χ0) is 10.9. The fourth-order valence-corrected chi connectivity index (χ4v) is 1.83. The Morgan fingerprint density at radius 2 is 2.00 bits per heavy atom. The van der Waals surface area contributed by atoms with Crippen LogP contribution in [0.4, 0.5) is 8.78 Å². The van der Waals surface area contributed by atoms with Crippen LogP contribution in [0.15, 0.2) is 24.3 Å². The van der Waals surface area contributed by atoms with E-state index >= 15 is 0 Å². The van der Waals surface area contributed by atoms with Crippen LogP contribution in [-0.4, -0.2) is 19.6 Å². The molecule has 1 saturated heterocycles. The standard InChI is InChI=1S/C11H13F2NO/c1-15-9-4-2-8(3-5-9)10-11(12,13)6-7-14-10/h2-5,10,14H,6-7H2,1H3. The van der Waals surface area contributed by atoms with E-state index in [0.29, 0.717) is 17.9 Å². The second-order valence-corrected chi connectivity index (χ2v) is 3.67. The number of rotatable bonds is 2. The van der Waals surface area contributed by atoms with E-state index in [1.165, 1.54) is 0 Å². The van der Waals surface area contributed by atoms with Gasteiger partial charge in [-0.25, -0.2) is 8.78 Å². The first kappa shape index (κ1) is 10.4. The molecule has 0 aromatic heterocycles. The Labute approximate surface area is 87.2 Å². The van der Waals surface area contributed by atoms with Gasteiger partial charge >= 0.3 is 0 Å². The van der Waals surface area contributed by atoms with Crippen molar-refractivity contribution in [2.45, 2.75) is 18.4 Å². The summed E-state index contributed by atoms with van der Waals surface area (Å²) in [5.74, 6) is -1.96. The summed E-state index contributed by atoms with van der Waals surface area (Å²) in [5, 5.41) is 2.81. The molecule has 1 aromatic rings. The third-order valence-electron chi connectivity index (χ3n) is 2.68. The van der Waals surface area contributed by atoms with Crippen LogP contribution < -0.4 is 10.1 Å². The number of hydrogen-bond acceptors (Lipinski definition) is 2. The molecule has 1 aliphatic heterocycles. The highest BCUT2D eigenvalue weighted by Crippen LogP contribution is 2.38. The van der Waals surface area contributed by atoms with E-state index in [1.54, 1.807) is 31.4 Å². The molecule has 1 fully saturated rings. The Balaban J connectivity index is 2.22. The molecule has 0 spiro atoms. The van der Waals surface area contributed by atoms with Crippen molar-refractivity contribution in [2.75, 3.05) is 13.7 Å². The molecule has 1 aliphatic rings. The molecule has 0 radical (unpaired) electrons. The molecule has 1 aromatic carbocycles. The average molecular weight is 213 g/mol. The second kappa shape index (κ2) is 3.77. The van der Waals surface area contributed by atoms with Crippen LogP contribution in [0.25, 0.3) is 0 Å². The van der Waals surface area contributed by atoms with Crippen molar-refractivity contribution in [1.29, 1.82) is 0 Å². The van der Waals surface area contributed by atoms with E-state index in [9.17, 15) is 8.78 Å². The number of alkyl halides is 2. The maximum Gasteiger partial charge on any atom is 0.268 e. The molecule has 0 amide bonds. The van der Waals surface area contributed by atoms with E-state index in [0.717, 1.165) is 0 Å². The average Bonchev–Trinajstić information content (AvgIpc) is 2.58. The van der Waals surface area contributed by atoms with Gasteiger partial charge in [-0.15, -0.1) is 0 Å². The predicted molar refractivity (Wildman–Crippen MR) is 53.3 cm³/mol. The van der Waals surface area contributed by atoms with Crippen molar-refractivity contribution in [1.82, 2.24) is 5.32 Å². The van der Waals surface area contributed by atoms with Gasteiger partial charge in [-0.2, -0.15) is 0 Å². The monoisotopic (exact) mass is 213 g/mol. The topological polar surface area (TPSA) is 21.3 Å². The Bertz CT molecular complexity index is 337. The van der Waals surface area contributed by atoms with E-state index in [2.05, 4.69) is 5.32 Å². The lowest BCUT2D eigenvalue weighted by molar-refractivity contribution is -0.0117. The highest BCUT2D eigenvalue weighted by molar-refractivity contribution is 5.30. The zero-order valence-corrected chi connectivity index (χ0v) is 8.47. The van der Waals surface area contributed by atoms with Crippen LogP contribution in [0.1, 0.15) is 18.0 Å². The van der Waals surface area contributed by atoms with Crippen molar-refractivity contribution >= 4 is 0 Å². The SMILES string of the molecule is COc1ccc(C2NCCC2(F)F)cc1. The molecule has 0 bridgehead atoms. The molecule has 0 aliphatic carbocycles. The molecule has 2 nitrogen and oxygen atoms in total. The van der Waals surface area contributed by atoms with Crippen molar-refractivity contribution in [3.05, 3.63) is 29.8 Å². The predicted octanol–water partition coefficient (Wildman–Crippen LogP) is 2.36. The number of nitrogens with one attached hydrogen (secondary N) is 1. The fourth-order valence-electron chi connectivity index (χ4n) is 1.83. The van der Waals surface area contributed by atoms with E-state index in [4.69, 9.17) is 4.74 Å². The van der Waals surface area contributed by atoms with E-state index in [1.807, 2.05) is 0 Å². The first-order valence-electron chi connectivity index (χ1n) is 4.88. The number of halogens is 2. The largest absolute Gasteiger partial charge is 0.497 e. The molecular weight excluding hydrogens is 200 g/mol. The normalized spacial score (nSPS) is 24.1. The summed E-state index contributed by atoms with van der Waals surface area (Å²) in [7, 11) is 1.55. The summed E-state index contributed by atoms with van der Waals surface area (Å²) in [5.41, 5.74) is 0.610. The summed E-state index contributed by atoms with van der Waals surface area (Å²) in [4.78, 5) is 0. The minimum Gasteiger partial charge on any atom is -0.497 e.